The van der Waals surface area contributed by atoms with Crippen molar-refractivity contribution in [1.82, 2.24) is 10.3 Å². The normalized spacial score (nSPS) is 10.0. The second-order valence-electron chi connectivity index (χ2n) is 3.93. The van der Waals surface area contributed by atoms with Crippen LogP contribution in [0.3, 0.4) is 0 Å². The molecular weight excluding hydrogens is 290 g/mol. The van der Waals surface area contributed by atoms with Crippen LogP contribution in [0.15, 0.2) is 47.2 Å². The van der Waals surface area contributed by atoms with E-state index in [0.717, 1.165) is 28.7 Å². The van der Waals surface area contributed by atoms with Crippen molar-refractivity contribution in [2.75, 3.05) is 0 Å². The van der Waals surface area contributed by atoms with Gasteiger partial charge in [0.25, 0.3) is 0 Å². The van der Waals surface area contributed by atoms with Crippen molar-refractivity contribution in [3.05, 3.63) is 63.9 Å². The van der Waals surface area contributed by atoms with Crippen LogP contribution in [0.5, 0.6) is 0 Å². The third kappa shape index (κ3) is 3.66. The van der Waals surface area contributed by atoms with Crippen LogP contribution in [0, 0.1) is 11.3 Å². The summed E-state index contributed by atoms with van der Waals surface area (Å²) in [6.45, 7) is 1.49. The smallest absolute Gasteiger partial charge is 0.0991 e. The minimum Gasteiger partial charge on any atom is -0.309 e. The maximum atomic E-state index is 8.81. The van der Waals surface area contributed by atoms with Gasteiger partial charge in [-0.05, 0) is 45.3 Å². The second kappa shape index (κ2) is 6.29. The van der Waals surface area contributed by atoms with Crippen LogP contribution >= 0.6 is 15.9 Å². The quantitative estimate of drug-likeness (QED) is 0.944. The lowest BCUT2D eigenvalue weighted by molar-refractivity contribution is 0.691. The van der Waals surface area contributed by atoms with Crippen molar-refractivity contribution in [2.24, 2.45) is 0 Å². The molecule has 18 heavy (non-hydrogen) atoms. The molecule has 90 valence electrons. The Bertz CT molecular complexity index is 575. The molecule has 1 aromatic carbocycles. The van der Waals surface area contributed by atoms with E-state index >= 15 is 0 Å². The minimum atomic E-state index is 0.693. The summed E-state index contributed by atoms with van der Waals surface area (Å²) in [4.78, 5) is 4.11. The molecule has 3 nitrogen and oxygen atoms in total. The van der Waals surface area contributed by atoms with E-state index in [1.54, 1.807) is 6.20 Å². The van der Waals surface area contributed by atoms with Gasteiger partial charge in [-0.1, -0.05) is 12.1 Å². The van der Waals surface area contributed by atoms with Crippen LogP contribution in [0.2, 0.25) is 0 Å². The summed E-state index contributed by atoms with van der Waals surface area (Å²) >= 11 is 3.39. The Labute approximate surface area is 115 Å². The number of hydrogen-bond donors (Lipinski definition) is 1. The number of nitriles is 1. The first kappa shape index (κ1) is 12.7. The Kier molecular flexibility index (Phi) is 4.46. The highest BCUT2D eigenvalue weighted by Gasteiger charge is 1.97. The van der Waals surface area contributed by atoms with Gasteiger partial charge in [-0.2, -0.15) is 5.26 Å². The van der Waals surface area contributed by atoms with Crippen molar-refractivity contribution in [3.63, 3.8) is 0 Å². The van der Waals surface area contributed by atoms with Crippen LogP contribution in [0.1, 0.15) is 16.7 Å². The van der Waals surface area contributed by atoms with Gasteiger partial charge in [0.1, 0.15) is 0 Å². The largest absolute Gasteiger partial charge is 0.309 e. The zero-order valence-electron chi connectivity index (χ0n) is 9.73. The van der Waals surface area contributed by atoms with Gasteiger partial charge in [0, 0.05) is 30.0 Å². The Morgan fingerprint density at radius 1 is 1.17 bits per heavy atom. The second-order valence-corrected chi connectivity index (χ2v) is 4.84. The molecule has 1 heterocycles. The molecule has 0 spiro atoms. The van der Waals surface area contributed by atoms with Crippen molar-refractivity contribution in [1.29, 1.82) is 5.26 Å². The van der Waals surface area contributed by atoms with Crippen molar-refractivity contribution in [2.45, 2.75) is 13.1 Å². The van der Waals surface area contributed by atoms with Crippen LogP contribution in [-0.2, 0) is 13.1 Å². The van der Waals surface area contributed by atoms with E-state index in [0.29, 0.717) is 5.56 Å². The highest BCUT2D eigenvalue weighted by molar-refractivity contribution is 9.10. The number of nitrogens with one attached hydrogen (secondary N) is 1. The molecule has 1 N–H and O–H groups in total. The van der Waals surface area contributed by atoms with Crippen LogP contribution < -0.4 is 5.32 Å². The predicted octanol–water partition coefficient (Wildman–Crippen LogP) is 3.01. The highest BCUT2D eigenvalue weighted by Crippen LogP contribution is 2.09. The van der Waals surface area contributed by atoms with Crippen LogP contribution in [0.25, 0.3) is 0 Å². The summed E-state index contributed by atoms with van der Waals surface area (Å²) in [5, 5.41) is 12.1. The molecule has 0 amide bonds. The lowest BCUT2D eigenvalue weighted by Crippen LogP contribution is -2.12. The number of nitrogens with zero attached hydrogens (tertiary/aromatic N) is 2. The molecule has 2 aromatic rings. The molecule has 1 aromatic heterocycles. The van der Waals surface area contributed by atoms with Gasteiger partial charge in [0.05, 0.1) is 11.6 Å². The van der Waals surface area contributed by atoms with E-state index in [1.807, 2.05) is 36.5 Å². The molecule has 0 saturated carbocycles. The number of hydrogen-bond acceptors (Lipinski definition) is 3. The lowest BCUT2D eigenvalue weighted by Gasteiger charge is -2.05. The van der Waals surface area contributed by atoms with Crippen molar-refractivity contribution >= 4 is 15.9 Å². The van der Waals surface area contributed by atoms with Gasteiger partial charge in [-0.3, -0.25) is 4.98 Å². The predicted molar refractivity (Wildman–Crippen MR) is 73.6 cm³/mol. The van der Waals surface area contributed by atoms with Crippen molar-refractivity contribution in [3.8, 4) is 6.07 Å². The summed E-state index contributed by atoms with van der Waals surface area (Å²) in [5.41, 5.74) is 2.93. The van der Waals surface area contributed by atoms with E-state index < -0.39 is 0 Å². The molecule has 0 radical (unpaired) electrons. The average molecular weight is 302 g/mol. The third-order valence-electron chi connectivity index (χ3n) is 2.48. The first-order chi connectivity index (χ1) is 8.78. The first-order valence-electron chi connectivity index (χ1n) is 5.57. The van der Waals surface area contributed by atoms with Crippen molar-refractivity contribution < 1.29 is 0 Å². The van der Waals surface area contributed by atoms with Gasteiger partial charge in [0.2, 0.25) is 0 Å². The van der Waals surface area contributed by atoms with E-state index in [1.165, 1.54) is 0 Å². The summed E-state index contributed by atoms with van der Waals surface area (Å²) in [6.07, 6.45) is 3.60. The summed E-state index contributed by atoms with van der Waals surface area (Å²) in [7, 11) is 0. The summed E-state index contributed by atoms with van der Waals surface area (Å²) in [6, 6.07) is 11.8. The molecular formula is C14H12BrN3. The standard InChI is InChI=1S/C14H12BrN3/c15-14-5-13(9-18-10-14)8-17-7-12-3-1-2-11(4-12)6-16/h1-5,9-10,17H,7-8H2. The zero-order valence-corrected chi connectivity index (χ0v) is 11.3. The number of pyridine rings is 1. The molecule has 0 unspecified atom stereocenters. The molecule has 0 saturated heterocycles. The van der Waals surface area contributed by atoms with E-state index in [4.69, 9.17) is 5.26 Å². The molecule has 0 aliphatic rings. The molecule has 4 heteroatoms. The van der Waals surface area contributed by atoms with Gasteiger partial charge < -0.3 is 5.32 Å². The van der Waals surface area contributed by atoms with Gasteiger partial charge in [-0.15, -0.1) is 0 Å². The fraction of sp³-hybridized carbons (Fsp3) is 0.143. The Morgan fingerprint density at radius 3 is 2.78 bits per heavy atom. The Morgan fingerprint density at radius 2 is 2.00 bits per heavy atom. The third-order valence-corrected chi connectivity index (χ3v) is 2.91. The summed E-state index contributed by atoms with van der Waals surface area (Å²) < 4.78 is 0.980. The Hall–Kier alpha value is -1.70. The highest BCUT2D eigenvalue weighted by atomic mass is 79.9. The average Bonchev–Trinajstić information content (AvgIpc) is 2.39. The van der Waals surface area contributed by atoms with Crippen LogP contribution in [0.4, 0.5) is 0 Å². The SMILES string of the molecule is N#Cc1cccc(CNCc2cncc(Br)c2)c1. The number of rotatable bonds is 4. The van der Waals surface area contributed by atoms with Gasteiger partial charge in [-0.25, -0.2) is 0 Å². The molecule has 0 atom stereocenters. The maximum Gasteiger partial charge on any atom is 0.0991 e. The number of benzene rings is 1. The molecule has 0 bridgehead atoms. The molecule has 0 aliphatic carbocycles. The fourth-order valence-electron chi connectivity index (χ4n) is 1.65. The van der Waals surface area contributed by atoms with E-state index in [9.17, 15) is 0 Å². The maximum absolute atomic E-state index is 8.81. The van der Waals surface area contributed by atoms with E-state index in [2.05, 4.69) is 32.3 Å². The van der Waals surface area contributed by atoms with Gasteiger partial charge >= 0.3 is 0 Å². The topological polar surface area (TPSA) is 48.7 Å². The number of aromatic nitrogens is 1. The van der Waals surface area contributed by atoms with Crippen LogP contribution in [-0.4, -0.2) is 4.98 Å². The number of halogens is 1. The summed E-state index contributed by atoms with van der Waals surface area (Å²) in [5.74, 6) is 0. The monoisotopic (exact) mass is 301 g/mol. The molecule has 2 rings (SSSR count). The van der Waals surface area contributed by atoms with Gasteiger partial charge in [0.15, 0.2) is 0 Å². The molecule has 0 fully saturated rings. The fourth-order valence-corrected chi connectivity index (χ4v) is 2.07. The Balaban J connectivity index is 1.90. The first-order valence-corrected chi connectivity index (χ1v) is 6.36. The lowest BCUT2D eigenvalue weighted by atomic mass is 10.1. The van der Waals surface area contributed by atoms with E-state index in [-0.39, 0.29) is 0 Å². The zero-order chi connectivity index (χ0) is 12.8. The molecule has 0 aliphatic heterocycles. The minimum absolute atomic E-state index is 0.693.